The van der Waals surface area contributed by atoms with E-state index in [0.29, 0.717) is 6.04 Å². The summed E-state index contributed by atoms with van der Waals surface area (Å²) in [5, 5.41) is 0. The number of benzene rings is 1. The van der Waals surface area contributed by atoms with Gasteiger partial charge in [0.05, 0.1) is 0 Å². The van der Waals surface area contributed by atoms with Crippen LogP contribution >= 0.6 is 0 Å². The van der Waals surface area contributed by atoms with Crippen molar-refractivity contribution in [2.75, 3.05) is 13.1 Å². The Morgan fingerprint density at radius 3 is 2.73 bits per heavy atom. The van der Waals surface area contributed by atoms with Crippen LogP contribution in [0.4, 0.5) is 4.39 Å². The van der Waals surface area contributed by atoms with Gasteiger partial charge in [-0.05, 0) is 37.1 Å². The van der Waals surface area contributed by atoms with E-state index >= 15 is 0 Å². The third-order valence-corrected chi connectivity index (χ3v) is 2.86. The molecule has 2 nitrogen and oxygen atoms in total. The van der Waals surface area contributed by atoms with E-state index in [0.717, 1.165) is 31.6 Å². The molecule has 2 N–H and O–H groups in total. The maximum absolute atomic E-state index is 12.7. The van der Waals surface area contributed by atoms with Gasteiger partial charge in [0, 0.05) is 19.1 Å². The van der Waals surface area contributed by atoms with Crippen molar-refractivity contribution in [1.29, 1.82) is 0 Å². The molecule has 3 heteroatoms. The molecule has 2 rings (SSSR count). The maximum Gasteiger partial charge on any atom is 0.123 e. The highest BCUT2D eigenvalue weighted by Crippen LogP contribution is 2.12. The highest BCUT2D eigenvalue weighted by molar-refractivity contribution is 5.15. The Morgan fingerprint density at radius 1 is 1.33 bits per heavy atom. The molecule has 1 aliphatic heterocycles. The summed E-state index contributed by atoms with van der Waals surface area (Å²) in [6, 6.07) is 7.02. The molecule has 1 heterocycles. The Labute approximate surface area is 89.9 Å². The number of nitrogens with zero attached hydrogens (tertiary/aromatic N) is 1. The van der Waals surface area contributed by atoms with E-state index in [1.807, 2.05) is 12.1 Å². The van der Waals surface area contributed by atoms with Gasteiger partial charge in [-0.2, -0.15) is 0 Å². The first kappa shape index (κ1) is 10.6. The van der Waals surface area contributed by atoms with Crippen molar-refractivity contribution in [1.82, 2.24) is 4.90 Å². The summed E-state index contributed by atoms with van der Waals surface area (Å²) in [7, 11) is 0. The van der Waals surface area contributed by atoms with E-state index < -0.39 is 0 Å². The van der Waals surface area contributed by atoms with Gasteiger partial charge >= 0.3 is 0 Å². The fraction of sp³-hybridized carbons (Fsp3) is 0.500. The van der Waals surface area contributed by atoms with E-state index in [1.165, 1.54) is 18.6 Å². The van der Waals surface area contributed by atoms with Gasteiger partial charge in [-0.15, -0.1) is 0 Å². The first-order valence-corrected chi connectivity index (χ1v) is 5.46. The Kier molecular flexibility index (Phi) is 3.34. The lowest BCUT2D eigenvalue weighted by molar-refractivity contribution is 0.201. The lowest BCUT2D eigenvalue weighted by atomic mass is 10.1. The number of hydrogen-bond donors (Lipinski definition) is 1. The molecule has 0 spiro atoms. The molecule has 0 radical (unpaired) electrons. The van der Waals surface area contributed by atoms with Crippen LogP contribution in [0.3, 0.4) is 0 Å². The zero-order valence-corrected chi connectivity index (χ0v) is 8.82. The number of halogens is 1. The summed E-state index contributed by atoms with van der Waals surface area (Å²) in [6.07, 6.45) is 2.29. The van der Waals surface area contributed by atoms with Crippen LogP contribution in [0.1, 0.15) is 18.4 Å². The van der Waals surface area contributed by atoms with Crippen LogP contribution in [0.25, 0.3) is 0 Å². The van der Waals surface area contributed by atoms with Crippen molar-refractivity contribution >= 4 is 0 Å². The quantitative estimate of drug-likeness (QED) is 0.802. The Balaban J connectivity index is 1.93. The molecule has 0 aromatic heterocycles. The Morgan fingerprint density at radius 2 is 2.07 bits per heavy atom. The van der Waals surface area contributed by atoms with Crippen LogP contribution < -0.4 is 5.73 Å². The van der Waals surface area contributed by atoms with Gasteiger partial charge in [-0.3, -0.25) is 4.90 Å². The summed E-state index contributed by atoms with van der Waals surface area (Å²) < 4.78 is 12.7. The van der Waals surface area contributed by atoms with Crippen LogP contribution in [-0.2, 0) is 6.54 Å². The molecule has 1 aliphatic rings. The summed E-state index contributed by atoms with van der Waals surface area (Å²) in [5.74, 6) is -0.172. The van der Waals surface area contributed by atoms with Gasteiger partial charge in [-0.1, -0.05) is 12.1 Å². The molecule has 0 bridgehead atoms. The third-order valence-electron chi connectivity index (χ3n) is 2.86. The highest BCUT2D eigenvalue weighted by Gasteiger charge is 2.16. The molecule has 1 fully saturated rings. The Bertz CT molecular complexity index is 310. The summed E-state index contributed by atoms with van der Waals surface area (Å²) >= 11 is 0. The number of hydrogen-bond acceptors (Lipinski definition) is 2. The third kappa shape index (κ3) is 3.01. The molecule has 82 valence electrons. The van der Waals surface area contributed by atoms with Gasteiger partial charge < -0.3 is 5.73 Å². The van der Waals surface area contributed by atoms with Crippen molar-refractivity contribution in [2.24, 2.45) is 5.73 Å². The molecule has 0 aliphatic carbocycles. The van der Waals surface area contributed by atoms with Gasteiger partial charge in [0.15, 0.2) is 0 Å². The largest absolute Gasteiger partial charge is 0.327 e. The predicted octanol–water partition coefficient (Wildman–Crippen LogP) is 1.75. The first-order valence-electron chi connectivity index (χ1n) is 5.46. The molecular formula is C12H17FN2. The van der Waals surface area contributed by atoms with E-state index in [4.69, 9.17) is 5.73 Å². The highest BCUT2D eigenvalue weighted by atomic mass is 19.1. The zero-order chi connectivity index (χ0) is 10.7. The molecular weight excluding hydrogens is 191 g/mol. The van der Waals surface area contributed by atoms with Crippen molar-refractivity contribution < 1.29 is 4.39 Å². The van der Waals surface area contributed by atoms with Crippen LogP contribution in [0.15, 0.2) is 24.3 Å². The van der Waals surface area contributed by atoms with E-state index in [2.05, 4.69) is 4.90 Å². The van der Waals surface area contributed by atoms with Crippen LogP contribution in [0.2, 0.25) is 0 Å². The van der Waals surface area contributed by atoms with E-state index in [-0.39, 0.29) is 5.82 Å². The summed E-state index contributed by atoms with van der Waals surface area (Å²) in [6.45, 7) is 2.94. The summed E-state index contributed by atoms with van der Waals surface area (Å²) in [5.41, 5.74) is 7.06. The SMILES string of the molecule is NC1CCCN(Cc2ccc(F)cc2)C1. The van der Waals surface area contributed by atoms with E-state index in [1.54, 1.807) is 0 Å². The fourth-order valence-corrected chi connectivity index (χ4v) is 2.08. The van der Waals surface area contributed by atoms with Gasteiger partial charge in [-0.25, -0.2) is 4.39 Å². The lowest BCUT2D eigenvalue weighted by Gasteiger charge is -2.30. The van der Waals surface area contributed by atoms with Crippen LogP contribution in [0.5, 0.6) is 0 Å². The van der Waals surface area contributed by atoms with Crippen LogP contribution in [-0.4, -0.2) is 24.0 Å². The first-order chi connectivity index (χ1) is 7.24. The predicted molar refractivity (Wildman–Crippen MR) is 58.9 cm³/mol. The molecule has 1 aromatic carbocycles. The molecule has 0 amide bonds. The molecule has 15 heavy (non-hydrogen) atoms. The van der Waals surface area contributed by atoms with Crippen molar-refractivity contribution in [3.05, 3.63) is 35.6 Å². The molecule has 0 saturated carbocycles. The molecule has 1 aromatic rings. The average molecular weight is 208 g/mol. The minimum atomic E-state index is -0.172. The molecule has 1 saturated heterocycles. The smallest absolute Gasteiger partial charge is 0.123 e. The second-order valence-electron chi connectivity index (χ2n) is 4.26. The number of nitrogens with two attached hydrogens (primary N) is 1. The minimum absolute atomic E-state index is 0.172. The maximum atomic E-state index is 12.7. The van der Waals surface area contributed by atoms with Crippen molar-refractivity contribution in [3.63, 3.8) is 0 Å². The van der Waals surface area contributed by atoms with Crippen molar-refractivity contribution in [2.45, 2.75) is 25.4 Å². The standard InChI is InChI=1S/C12H17FN2/c13-11-5-3-10(4-6-11)8-15-7-1-2-12(14)9-15/h3-6,12H,1-2,7-9,14H2. The average Bonchev–Trinajstić information content (AvgIpc) is 2.22. The van der Waals surface area contributed by atoms with Crippen LogP contribution in [0, 0.1) is 5.82 Å². The monoisotopic (exact) mass is 208 g/mol. The van der Waals surface area contributed by atoms with Gasteiger partial charge in [0.2, 0.25) is 0 Å². The second kappa shape index (κ2) is 4.73. The molecule has 1 unspecified atom stereocenters. The summed E-state index contributed by atoms with van der Waals surface area (Å²) in [4.78, 5) is 2.33. The second-order valence-corrected chi connectivity index (χ2v) is 4.26. The lowest BCUT2D eigenvalue weighted by Crippen LogP contribution is -2.42. The van der Waals surface area contributed by atoms with Crippen molar-refractivity contribution in [3.8, 4) is 0 Å². The topological polar surface area (TPSA) is 29.3 Å². The van der Waals surface area contributed by atoms with Gasteiger partial charge in [0.1, 0.15) is 5.82 Å². The van der Waals surface area contributed by atoms with E-state index in [9.17, 15) is 4.39 Å². The normalized spacial score (nSPS) is 22.9. The number of likely N-dealkylation sites (tertiary alicyclic amines) is 1. The zero-order valence-electron chi connectivity index (χ0n) is 8.82. The number of piperidine rings is 1. The Hall–Kier alpha value is -0.930. The minimum Gasteiger partial charge on any atom is -0.327 e. The molecule has 1 atom stereocenters. The fourth-order valence-electron chi connectivity index (χ4n) is 2.08. The van der Waals surface area contributed by atoms with Gasteiger partial charge in [0.25, 0.3) is 0 Å². The number of rotatable bonds is 2.